The third-order valence-corrected chi connectivity index (χ3v) is 2.92. The van der Waals surface area contributed by atoms with Crippen LogP contribution in [0.5, 0.6) is 0 Å². The average molecular weight is 167 g/mol. The van der Waals surface area contributed by atoms with Crippen LogP contribution in [0, 0.1) is 16.7 Å². The van der Waals surface area contributed by atoms with Crippen LogP contribution in [0.2, 0.25) is 0 Å². The summed E-state index contributed by atoms with van der Waals surface area (Å²) in [5, 5.41) is 7.07. The van der Waals surface area contributed by atoms with Crippen LogP contribution in [0.3, 0.4) is 0 Å². The molecular formula is C10H17NO. The Morgan fingerprint density at radius 2 is 2.42 bits per heavy atom. The van der Waals surface area contributed by atoms with Gasteiger partial charge in [-0.05, 0) is 30.9 Å². The van der Waals surface area contributed by atoms with Crippen LogP contribution in [0.15, 0.2) is 0 Å². The van der Waals surface area contributed by atoms with E-state index in [0.717, 1.165) is 19.3 Å². The minimum atomic E-state index is 0.212. The molecule has 1 N–H and O–H groups in total. The van der Waals surface area contributed by atoms with Gasteiger partial charge in [0.2, 0.25) is 0 Å². The highest BCUT2D eigenvalue weighted by molar-refractivity contribution is 5.81. The Labute approximate surface area is 73.9 Å². The normalized spacial score (nSPS) is 36.5. The van der Waals surface area contributed by atoms with E-state index in [1.165, 1.54) is 6.21 Å². The third-order valence-electron chi connectivity index (χ3n) is 2.92. The maximum Gasteiger partial charge on any atom is 0.135 e. The minimum Gasteiger partial charge on any atom is -0.313 e. The van der Waals surface area contributed by atoms with Gasteiger partial charge in [0, 0.05) is 12.3 Å². The summed E-state index contributed by atoms with van der Waals surface area (Å²) in [7, 11) is 0. The van der Waals surface area contributed by atoms with Crippen LogP contribution in [0.4, 0.5) is 0 Å². The van der Waals surface area contributed by atoms with Gasteiger partial charge in [-0.15, -0.1) is 0 Å². The second-order valence-corrected chi connectivity index (χ2v) is 4.29. The van der Waals surface area contributed by atoms with E-state index in [1.807, 2.05) is 6.92 Å². The van der Waals surface area contributed by atoms with Crippen molar-refractivity contribution in [1.82, 2.24) is 0 Å². The molecule has 2 unspecified atom stereocenters. The molecule has 0 aromatic carbocycles. The monoisotopic (exact) mass is 167 g/mol. The molecule has 0 radical (unpaired) electrons. The lowest BCUT2D eigenvalue weighted by Crippen LogP contribution is -2.30. The van der Waals surface area contributed by atoms with E-state index in [2.05, 4.69) is 6.92 Å². The molecule has 1 saturated carbocycles. The molecular weight excluding hydrogens is 150 g/mol. The van der Waals surface area contributed by atoms with Gasteiger partial charge < -0.3 is 5.41 Å². The maximum atomic E-state index is 11.2. The van der Waals surface area contributed by atoms with E-state index < -0.39 is 0 Å². The molecule has 12 heavy (non-hydrogen) atoms. The molecule has 68 valence electrons. The van der Waals surface area contributed by atoms with E-state index in [0.29, 0.717) is 12.2 Å². The smallest absolute Gasteiger partial charge is 0.135 e. The highest BCUT2D eigenvalue weighted by Crippen LogP contribution is 2.39. The molecule has 0 aromatic heterocycles. The van der Waals surface area contributed by atoms with Gasteiger partial charge >= 0.3 is 0 Å². The van der Waals surface area contributed by atoms with Gasteiger partial charge in [0.05, 0.1) is 0 Å². The van der Waals surface area contributed by atoms with Crippen LogP contribution in [-0.2, 0) is 4.79 Å². The summed E-state index contributed by atoms with van der Waals surface area (Å²) >= 11 is 0. The number of rotatable bonds is 2. The standard InChI is InChI=1S/C10H17NO/c1-8-7-10(2,5-6-11)4-3-9(8)12/h6,8,11H,3-5,7H2,1-2H3. The van der Waals surface area contributed by atoms with Crippen LogP contribution in [-0.4, -0.2) is 12.0 Å². The largest absolute Gasteiger partial charge is 0.313 e. The predicted octanol–water partition coefficient (Wildman–Crippen LogP) is 2.42. The lowest BCUT2D eigenvalue weighted by Gasteiger charge is -2.35. The lowest BCUT2D eigenvalue weighted by atomic mass is 9.69. The van der Waals surface area contributed by atoms with Gasteiger partial charge in [-0.1, -0.05) is 13.8 Å². The molecule has 1 rings (SSSR count). The number of hydrogen-bond acceptors (Lipinski definition) is 2. The summed E-state index contributed by atoms with van der Waals surface area (Å²) in [5.41, 5.74) is 0.217. The zero-order valence-electron chi connectivity index (χ0n) is 7.89. The minimum absolute atomic E-state index is 0.212. The lowest BCUT2D eigenvalue weighted by molar-refractivity contribution is -0.126. The van der Waals surface area contributed by atoms with E-state index in [1.54, 1.807) is 0 Å². The van der Waals surface area contributed by atoms with E-state index >= 15 is 0 Å². The highest BCUT2D eigenvalue weighted by atomic mass is 16.1. The SMILES string of the molecule is CC1CC(C)(CC=N)CCC1=O. The van der Waals surface area contributed by atoms with Crippen molar-refractivity contribution in [3.8, 4) is 0 Å². The Balaban J connectivity index is 2.59. The molecule has 0 bridgehead atoms. The second-order valence-electron chi connectivity index (χ2n) is 4.29. The fourth-order valence-corrected chi connectivity index (χ4v) is 2.06. The Bertz CT molecular complexity index is 200. The third kappa shape index (κ3) is 1.93. The number of ketones is 1. The molecule has 0 amide bonds. The van der Waals surface area contributed by atoms with Gasteiger partial charge in [0.1, 0.15) is 5.78 Å². The van der Waals surface area contributed by atoms with E-state index in [9.17, 15) is 4.79 Å². The van der Waals surface area contributed by atoms with Crippen LogP contribution >= 0.6 is 0 Å². The van der Waals surface area contributed by atoms with Crippen molar-refractivity contribution in [1.29, 1.82) is 5.41 Å². The predicted molar refractivity (Wildman–Crippen MR) is 49.5 cm³/mol. The van der Waals surface area contributed by atoms with Crippen LogP contribution < -0.4 is 0 Å². The zero-order chi connectivity index (χ0) is 9.19. The fraction of sp³-hybridized carbons (Fsp3) is 0.800. The summed E-state index contributed by atoms with van der Waals surface area (Å²) in [5.74, 6) is 0.612. The van der Waals surface area contributed by atoms with Crippen molar-refractivity contribution in [2.75, 3.05) is 0 Å². The molecule has 0 spiro atoms. The van der Waals surface area contributed by atoms with Gasteiger partial charge in [-0.2, -0.15) is 0 Å². The first-order valence-electron chi connectivity index (χ1n) is 4.59. The second kappa shape index (κ2) is 3.38. The van der Waals surface area contributed by atoms with Crippen molar-refractivity contribution in [2.45, 2.75) is 39.5 Å². The summed E-state index contributed by atoms with van der Waals surface area (Å²) in [6.45, 7) is 4.19. The van der Waals surface area contributed by atoms with Crippen LogP contribution in [0.25, 0.3) is 0 Å². The maximum absolute atomic E-state index is 11.2. The topological polar surface area (TPSA) is 40.9 Å². The van der Waals surface area contributed by atoms with Gasteiger partial charge in [0.25, 0.3) is 0 Å². The van der Waals surface area contributed by atoms with E-state index in [4.69, 9.17) is 5.41 Å². The molecule has 2 nitrogen and oxygen atoms in total. The van der Waals surface area contributed by atoms with Crippen LogP contribution in [0.1, 0.15) is 39.5 Å². The molecule has 0 aliphatic heterocycles. The van der Waals surface area contributed by atoms with Crippen molar-refractivity contribution in [3.63, 3.8) is 0 Å². The van der Waals surface area contributed by atoms with Crippen molar-refractivity contribution < 1.29 is 4.79 Å². The summed E-state index contributed by atoms with van der Waals surface area (Å²) in [6.07, 6.45) is 4.94. The molecule has 1 aliphatic rings. The fourth-order valence-electron chi connectivity index (χ4n) is 2.06. The summed E-state index contributed by atoms with van der Waals surface area (Å²) in [6, 6.07) is 0. The molecule has 1 fully saturated rings. The number of carbonyl (C=O) groups is 1. The molecule has 0 heterocycles. The first-order chi connectivity index (χ1) is 5.57. The highest BCUT2D eigenvalue weighted by Gasteiger charge is 2.33. The number of nitrogens with one attached hydrogen (secondary N) is 1. The Morgan fingerprint density at radius 3 is 2.92 bits per heavy atom. The van der Waals surface area contributed by atoms with E-state index in [-0.39, 0.29) is 11.3 Å². The summed E-state index contributed by atoms with van der Waals surface area (Å²) in [4.78, 5) is 11.2. The first kappa shape index (κ1) is 9.43. The number of hydrogen-bond donors (Lipinski definition) is 1. The van der Waals surface area contributed by atoms with Crippen molar-refractivity contribution in [3.05, 3.63) is 0 Å². The Hall–Kier alpha value is -0.660. The first-order valence-corrected chi connectivity index (χ1v) is 4.59. The number of carbonyl (C=O) groups excluding carboxylic acids is 1. The average Bonchev–Trinajstić information content (AvgIpc) is 1.98. The van der Waals surface area contributed by atoms with Gasteiger partial charge in [-0.25, -0.2) is 0 Å². The van der Waals surface area contributed by atoms with Crippen molar-refractivity contribution in [2.24, 2.45) is 11.3 Å². The number of Topliss-reactive ketones (excluding diaryl/α,β-unsaturated/α-hetero) is 1. The molecule has 2 atom stereocenters. The molecule has 1 aliphatic carbocycles. The molecule has 0 saturated heterocycles. The quantitative estimate of drug-likeness (QED) is 0.630. The Morgan fingerprint density at radius 1 is 1.75 bits per heavy atom. The molecule has 2 heteroatoms. The van der Waals surface area contributed by atoms with Gasteiger partial charge in [0.15, 0.2) is 0 Å². The zero-order valence-corrected chi connectivity index (χ0v) is 7.89. The summed E-state index contributed by atoms with van der Waals surface area (Å²) < 4.78 is 0. The Kier molecular flexibility index (Phi) is 2.65. The van der Waals surface area contributed by atoms with Gasteiger partial charge in [-0.3, -0.25) is 4.79 Å². The molecule has 0 aromatic rings. The van der Waals surface area contributed by atoms with Crippen molar-refractivity contribution >= 4 is 12.0 Å².